The number of hydrogen-bond acceptors (Lipinski definition) is 7. The Bertz CT molecular complexity index is 1180. The van der Waals surface area contributed by atoms with Crippen LogP contribution in [-0.2, 0) is 27.9 Å². The fraction of sp³-hybridized carbons (Fsp3) is 0.581. The molecule has 2 unspecified atom stereocenters. The van der Waals surface area contributed by atoms with Crippen molar-refractivity contribution in [3.05, 3.63) is 97.2 Å². The van der Waals surface area contributed by atoms with Gasteiger partial charge < -0.3 is 20.1 Å². The Morgan fingerprint density at radius 1 is 0.585 bits per heavy atom. The minimum atomic E-state index is -4.44. The molecule has 0 rings (SSSR count). The summed E-state index contributed by atoms with van der Waals surface area (Å²) in [6.07, 6.45) is 49.1. The standard InChI is InChI=1S/C43H70NO8P/c1-3-5-7-9-11-13-15-17-19-20-22-23-25-27-29-31-33-35-42(46)44-37-38-51-53(48,49)52-40-41(45)39-50-43(47)36-34-32-30-28-26-24-21-18-16-14-12-10-8-6-4-2/h5-8,11-14,17-19,21-23,27,29,41,45H,3-4,9-10,15-16,20,24-26,28,30-40H2,1-2H3,(H,44,46)(H,48,49)/b7-5-,8-6-,13-11-,14-12-,19-17-,21-18-,23-22-,29-27-. The maximum atomic E-state index is 12.1. The van der Waals surface area contributed by atoms with Crippen LogP contribution in [-0.4, -0.2) is 54.3 Å². The van der Waals surface area contributed by atoms with E-state index in [-0.39, 0.29) is 32.1 Å². The number of carbonyl (C=O) groups excluding carboxylic acids is 2. The monoisotopic (exact) mass is 759 g/mol. The van der Waals surface area contributed by atoms with Gasteiger partial charge in [0.25, 0.3) is 0 Å². The van der Waals surface area contributed by atoms with E-state index in [9.17, 15) is 24.2 Å². The number of rotatable bonds is 35. The van der Waals surface area contributed by atoms with Crippen molar-refractivity contribution in [2.75, 3.05) is 26.4 Å². The van der Waals surface area contributed by atoms with Crippen molar-refractivity contribution in [3.8, 4) is 0 Å². The van der Waals surface area contributed by atoms with E-state index in [1.165, 1.54) is 0 Å². The number of aliphatic hydroxyl groups is 1. The van der Waals surface area contributed by atoms with Crippen molar-refractivity contribution in [3.63, 3.8) is 0 Å². The van der Waals surface area contributed by atoms with Crippen LogP contribution >= 0.6 is 7.82 Å². The second-order valence-electron chi connectivity index (χ2n) is 12.5. The van der Waals surface area contributed by atoms with Gasteiger partial charge in [-0.05, 0) is 83.5 Å². The number of phosphoric ester groups is 1. The van der Waals surface area contributed by atoms with Gasteiger partial charge in [-0.25, -0.2) is 4.57 Å². The van der Waals surface area contributed by atoms with Crippen LogP contribution in [0.15, 0.2) is 97.2 Å². The molecule has 9 nitrogen and oxygen atoms in total. The van der Waals surface area contributed by atoms with Gasteiger partial charge in [-0.3, -0.25) is 18.6 Å². The smallest absolute Gasteiger partial charge is 0.463 e. The minimum Gasteiger partial charge on any atom is -0.463 e. The highest BCUT2D eigenvalue weighted by molar-refractivity contribution is 7.47. The van der Waals surface area contributed by atoms with Crippen LogP contribution in [0.4, 0.5) is 0 Å². The molecule has 10 heteroatoms. The van der Waals surface area contributed by atoms with E-state index in [1.54, 1.807) is 0 Å². The maximum Gasteiger partial charge on any atom is 0.472 e. The molecule has 0 fully saturated rings. The number of allylic oxidation sites excluding steroid dienone is 16. The molecular weight excluding hydrogens is 689 g/mol. The average Bonchev–Trinajstić information content (AvgIpc) is 3.14. The number of esters is 1. The summed E-state index contributed by atoms with van der Waals surface area (Å²) in [5.74, 6) is -0.604. The molecule has 0 saturated carbocycles. The Kier molecular flexibility index (Phi) is 36.4. The number of ether oxygens (including phenoxy) is 1. The lowest BCUT2D eigenvalue weighted by Gasteiger charge is -2.15. The van der Waals surface area contributed by atoms with Gasteiger partial charge in [-0.15, -0.1) is 0 Å². The topological polar surface area (TPSA) is 131 Å². The molecule has 0 aromatic heterocycles. The lowest BCUT2D eigenvalue weighted by atomic mass is 10.1. The molecule has 53 heavy (non-hydrogen) atoms. The van der Waals surface area contributed by atoms with Crippen LogP contribution in [0, 0.1) is 0 Å². The van der Waals surface area contributed by atoms with E-state index in [0.29, 0.717) is 19.3 Å². The summed E-state index contributed by atoms with van der Waals surface area (Å²) in [6, 6.07) is 0. The molecule has 0 aliphatic rings. The Labute approximate surface area is 321 Å². The Morgan fingerprint density at radius 3 is 1.57 bits per heavy atom. The van der Waals surface area contributed by atoms with Crippen molar-refractivity contribution < 1.29 is 37.9 Å². The largest absolute Gasteiger partial charge is 0.472 e. The number of aliphatic hydroxyl groups excluding tert-OH is 1. The maximum absolute atomic E-state index is 12.1. The third-order valence-electron chi connectivity index (χ3n) is 7.51. The van der Waals surface area contributed by atoms with Gasteiger partial charge in [0.05, 0.1) is 13.2 Å². The number of nitrogens with one attached hydrogen (secondary N) is 1. The highest BCUT2D eigenvalue weighted by Gasteiger charge is 2.23. The SMILES string of the molecule is CC/C=C\C/C=C\C/C=C\C/C=C\C/C=C\CCCC(=O)NCCOP(=O)(O)OCC(O)COC(=O)CCCCCCC/C=C\C/C=C\C/C=C\CC. The molecule has 3 N–H and O–H groups in total. The molecule has 0 radical (unpaired) electrons. The van der Waals surface area contributed by atoms with Crippen LogP contribution in [0.25, 0.3) is 0 Å². The van der Waals surface area contributed by atoms with E-state index >= 15 is 0 Å². The molecule has 0 aromatic carbocycles. The molecule has 0 aliphatic carbocycles. The second kappa shape index (κ2) is 38.6. The zero-order chi connectivity index (χ0) is 38.9. The summed E-state index contributed by atoms with van der Waals surface area (Å²) < 4.78 is 26.8. The van der Waals surface area contributed by atoms with Gasteiger partial charge in [0.2, 0.25) is 5.91 Å². The molecule has 0 heterocycles. The highest BCUT2D eigenvalue weighted by Crippen LogP contribution is 2.42. The molecule has 300 valence electrons. The molecule has 0 aromatic rings. The predicted molar refractivity (Wildman–Crippen MR) is 219 cm³/mol. The van der Waals surface area contributed by atoms with E-state index in [2.05, 4.69) is 116 Å². The minimum absolute atomic E-state index is 0.0427. The Balaban J connectivity index is 3.75. The van der Waals surface area contributed by atoms with Crippen molar-refractivity contribution in [2.45, 2.75) is 136 Å². The van der Waals surface area contributed by atoms with Gasteiger partial charge in [0, 0.05) is 19.4 Å². The summed E-state index contributed by atoms with van der Waals surface area (Å²) in [5.41, 5.74) is 0. The zero-order valence-electron chi connectivity index (χ0n) is 32.7. The molecular formula is C43H70NO8P. The van der Waals surface area contributed by atoms with Gasteiger partial charge >= 0.3 is 13.8 Å². The van der Waals surface area contributed by atoms with Crippen LogP contribution < -0.4 is 5.32 Å². The molecule has 0 bridgehead atoms. The predicted octanol–water partition coefficient (Wildman–Crippen LogP) is 10.7. The fourth-order valence-corrected chi connectivity index (χ4v) is 5.36. The van der Waals surface area contributed by atoms with Gasteiger partial charge in [-0.2, -0.15) is 0 Å². The zero-order valence-corrected chi connectivity index (χ0v) is 33.6. The first-order valence-electron chi connectivity index (χ1n) is 19.7. The van der Waals surface area contributed by atoms with Crippen LogP contribution in [0.5, 0.6) is 0 Å². The summed E-state index contributed by atoms with van der Waals surface area (Å²) in [6.45, 7) is 3.20. The highest BCUT2D eigenvalue weighted by atomic mass is 31.2. The quantitative estimate of drug-likeness (QED) is 0.0252. The van der Waals surface area contributed by atoms with E-state index in [0.717, 1.165) is 89.9 Å². The summed E-state index contributed by atoms with van der Waals surface area (Å²) in [4.78, 5) is 33.8. The number of phosphoric acid groups is 1. The van der Waals surface area contributed by atoms with Crippen LogP contribution in [0.2, 0.25) is 0 Å². The third-order valence-corrected chi connectivity index (χ3v) is 8.49. The van der Waals surface area contributed by atoms with Crippen molar-refractivity contribution in [1.29, 1.82) is 0 Å². The second-order valence-corrected chi connectivity index (χ2v) is 13.9. The molecule has 1 amide bonds. The molecule has 2 atom stereocenters. The summed E-state index contributed by atoms with van der Waals surface area (Å²) in [5, 5.41) is 12.6. The van der Waals surface area contributed by atoms with Crippen molar-refractivity contribution >= 4 is 19.7 Å². The molecule has 0 aliphatic heterocycles. The summed E-state index contributed by atoms with van der Waals surface area (Å²) >= 11 is 0. The van der Waals surface area contributed by atoms with Gasteiger partial charge in [0.15, 0.2) is 0 Å². The lowest BCUT2D eigenvalue weighted by Crippen LogP contribution is -2.27. The number of amides is 1. The van der Waals surface area contributed by atoms with Crippen molar-refractivity contribution in [2.24, 2.45) is 0 Å². The Hall–Kier alpha value is -3.07. The fourth-order valence-electron chi connectivity index (χ4n) is 4.60. The Morgan fingerprint density at radius 2 is 1.04 bits per heavy atom. The van der Waals surface area contributed by atoms with E-state index in [4.69, 9.17) is 13.8 Å². The van der Waals surface area contributed by atoms with Gasteiger partial charge in [0.1, 0.15) is 12.7 Å². The van der Waals surface area contributed by atoms with Crippen LogP contribution in [0.3, 0.4) is 0 Å². The number of unbranched alkanes of at least 4 members (excludes halogenated alkanes) is 6. The number of hydrogen-bond donors (Lipinski definition) is 3. The number of carbonyl (C=O) groups is 2. The van der Waals surface area contributed by atoms with Crippen molar-refractivity contribution in [1.82, 2.24) is 5.32 Å². The molecule has 0 saturated heterocycles. The first kappa shape index (κ1) is 49.9. The van der Waals surface area contributed by atoms with Gasteiger partial charge in [-0.1, -0.05) is 130 Å². The summed E-state index contributed by atoms with van der Waals surface area (Å²) in [7, 11) is -4.44. The average molecular weight is 760 g/mol. The first-order chi connectivity index (χ1) is 25.8. The first-order valence-corrected chi connectivity index (χ1v) is 21.2. The third kappa shape index (κ3) is 40.0. The molecule has 0 spiro atoms. The lowest BCUT2D eigenvalue weighted by molar-refractivity contribution is -0.147. The van der Waals surface area contributed by atoms with E-state index < -0.39 is 26.5 Å². The van der Waals surface area contributed by atoms with E-state index in [1.807, 2.05) is 0 Å². The van der Waals surface area contributed by atoms with Crippen LogP contribution in [0.1, 0.15) is 129 Å². The normalized spacial score (nSPS) is 14.4.